The maximum absolute atomic E-state index is 12.1. The van der Waals surface area contributed by atoms with Gasteiger partial charge in [-0.25, -0.2) is 0 Å². The van der Waals surface area contributed by atoms with E-state index in [9.17, 15) is 4.79 Å². The zero-order valence-corrected chi connectivity index (χ0v) is 19.3. The van der Waals surface area contributed by atoms with Crippen molar-refractivity contribution in [2.24, 2.45) is 5.73 Å². The molecule has 3 aromatic carbocycles. The number of carbonyl (C=O) groups is 1. The van der Waals surface area contributed by atoms with E-state index in [2.05, 4.69) is 24.3 Å². The lowest BCUT2D eigenvalue weighted by Crippen LogP contribution is -2.10. The fourth-order valence-electron chi connectivity index (χ4n) is 3.96. The zero-order chi connectivity index (χ0) is 23.4. The summed E-state index contributed by atoms with van der Waals surface area (Å²) in [6.45, 7) is 7.08. The van der Waals surface area contributed by atoms with Crippen molar-refractivity contribution in [1.29, 1.82) is 0 Å². The van der Waals surface area contributed by atoms with E-state index in [1.54, 1.807) is 6.26 Å². The second-order valence-corrected chi connectivity index (χ2v) is 8.20. The number of nitrogens with two attached hydrogens (primary N) is 1. The van der Waals surface area contributed by atoms with Crippen LogP contribution in [0.25, 0.3) is 22.1 Å². The van der Waals surface area contributed by atoms with Crippen LogP contribution >= 0.6 is 0 Å². The number of hydrogen-bond donors (Lipinski definition) is 1. The van der Waals surface area contributed by atoms with E-state index in [0.717, 1.165) is 49.9 Å². The Morgan fingerprint density at radius 1 is 1.00 bits per heavy atom. The lowest BCUT2D eigenvalue weighted by molar-refractivity contribution is -0.142. The number of rotatable bonds is 8. The van der Waals surface area contributed by atoms with Gasteiger partial charge in [-0.2, -0.15) is 0 Å². The van der Waals surface area contributed by atoms with Gasteiger partial charge >= 0.3 is 5.97 Å². The summed E-state index contributed by atoms with van der Waals surface area (Å²) in [4.78, 5) is 12.1. The third kappa shape index (κ3) is 5.10. The minimum absolute atomic E-state index is 0.183. The van der Waals surface area contributed by atoms with Crippen LogP contribution in [-0.2, 0) is 29.1 Å². The molecular formula is C28H29NO4. The SMILES string of the molecule is CCOC(=O)Cc1cc(C)c(C)cc1OCc1cc(-c2cccc(CN)c2)c2occc2c1. The number of carbonyl (C=O) groups excluding carboxylic acids is 1. The van der Waals surface area contributed by atoms with Crippen LogP contribution < -0.4 is 10.5 Å². The number of furan rings is 1. The lowest BCUT2D eigenvalue weighted by atomic mass is 9.99. The van der Waals surface area contributed by atoms with Crippen molar-refractivity contribution in [3.05, 3.63) is 88.7 Å². The molecule has 0 aliphatic heterocycles. The molecule has 170 valence electrons. The Morgan fingerprint density at radius 3 is 2.61 bits per heavy atom. The second-order valence-electron chi connectivity index (χ2n) is 8.20. The molecule has 4 rings (SSSR count). The predicted octanol–water partition coefficient (Wildman–Crippen LogP) is 5.86. The van der Waals surface area contributed by atoms with E-state index in [-0.39, 0.29) is 12.4 Å². The van der Waals surface area contributed by atoms with Crippen molar-refractivity contribution in [3.8, 4) is 16.9 Å². The van der Waals surface area contributed by atoms with Crippen molar-refractivity contribution >= 4 is 16.9 Å². The highest BCUT2D eigenvalue weighted by molar-refractivity contribution is 5.93. The van der Waals surface area contributed by atoms with Gasteiger partial charge in [0.05, 0.1) is 19.3 Å². The molecule has 0 spiro atoms. The van der Waals surface area contributed by atoms with E-state index in [4.69, 9.17) is 19.6 Å². The average molecular weight is 444 g/mol. The molecule has 0 saturated carbocycles. The molecule has 0 aliphatic carbocycles. The Hall–Kier alpha value is -3.57. The van der Waals surface area contributed by atoms with Gasteiger partial charge in [-0.15, -0.1) is 0 Å². The van der Waals surface area contributed by atoms with Gasteiger partial charge in [0.1, 0.15) is 17.9 Å². The maximum atomic E-state index is 12.1. The van der Waals surface area contributed by atoms with Crippen LogP contribution in [0.1, 0.15) is 34.7 Å². The first-order chi connectivity index (χ1) is 16.0. The quantitative estimate of drug-likeness (QED) is 0.345. The molecule has 0 aliphatic rings. The Bertz CT molecular complexity index is 1290. The van der Waals surface area contributed by atoms with Gasteiger partial charge in [0, 0.05) is 23.1 Å². The van der Waals surface area contributed by atoms with E-state index < -0.39 is 0 Å². The molecule has 0 bridgehead atoms. The molecule has 1 aromatic heterocycles. The fraction of sp³-hybridized carbons (Fsp3) is 0.250. The molecule has 0 atom stereocenters. The summed E-state index contributed by atoms with van der Waals surface area (Å²) in [6.07, 6.45) is 1.88. The Labute approximate surface area is 194 Å². The Morgan fingerprint density at radius 2 is 1.82 bits per heavy atom. The van der Waals surface area contributed by atoms with E-state index in [1.807, 2.05) is 51.1 Å². The highest BCUT2D eigenvalue weighted by Crippen LogP contribution is 2.32. The minimum Gasteiger partial charge on any atom is -0.489 e. The largest absolute Gasteiger partial charge is 0.489 e. The molecule has 4 aromatic rings. The third-order valence-electron chi connectivity index (χ3n) is 5.80. The van der Waals surface area contributed by atoms with Gasteiger partial charge in [0.15, 0.2) is 0 Å². The summed E-state index contributed by atoms with van der Waals surface area (Å²) in [5.74, 6) is 0.442. The van der Waals surface area contributed by atoms with E-state index in [1.165, 1.54) is 0 Å². The Balaban J connectivity index is 1.65. The van der Waals surface area contributed by atoms with Gasteiger partial charge < -0.3 is 19.6 Å². The van der Waals surface area contributed by atoms with Crippen LogP contribution in [0.4, 0.5) is 0 Å². The van der Waals surface area contributed by atoms with E-state index >= 15 is 0 Å². The normalized spacial score (nSPS) is 11.0. The van der Waals surface area contributed by atoms with Crippen molar-refractivity contribution < 1.29 is 18.7 Å². The van der Waals surface area contributed by atoms with Crippen LogP contribution in [0.2, 0.25) is 0 Å². The molecule has 0 fully saturated rings. The standard InChI is InChI=1S/C28H29NO4/c1-4-31-27(30)15-24-10-18(2)19(3)11-26(24)33-17-21-13-23-8-9-32-28(23)25(14-21)22-7-5-6-20(12-22)16-29/h5-14H,4,15-17,29H2,1-3H3. The number of fused-ring (bicyclic) bond motifs is 1. The molecule has 2 N–H and O–H groups in total. The minimum atomic E-state index is -0.257. The third-order valence-corrected chi connectivity index (χ3v) is 5.80. The maximum Gasteiger partial charge on any atom is 0.310 e. The number of aryl methyl sites for hydroxylation is 2. The monoisotopic (exact) mass is 443 g/mol. The summed E-state index contributed by atoms with van der Waals surface area (Å²) in [7, 11) is 0. The van der Waals surface area contributed by atoms with Gasteiger partial charge in [0.25, 0.3) is 0 Å². The summed E-state index contributed by atoms with van der Waals surface area (Å²) in [6, 6.07) is 18.3. The first-order valence-electron chi connectivity index (χ1n) is 11.2. The second kappa shape index (κ2) is 9.92. The van der Waals surface area contributed by atoms with Crippen LogP contribution in [0.3, 0.4) is 0 Å². The first kappa shape index (κ1) is 22.6. The molecule has 0 amide bonds. The molecule has 5 heteroatoms. The van der Waals surface area contributed by atoms with Crippen LogP contribution in [0.5, 0.6) is 5.75 Å². The lowest BCUT2D eigenvalue weighted by Gasteiger charge is -2.15. The van der Waals surface area contributed by atoms with Gasteiger partial charge in [0.2, 0.25) is 0 Å². The number of benzene rings is 3. The smallest absolute Gasteiger partial charge is 0.310 e. The van der Waals surface area contributed by atoms with Crippen molar-refractivity contribution in [1.82, 2.24) is 0 Å². The van der Waals surface area contributed by atoms with Crippen LogP contribution in [0.15, 0.2) is 65.3 Å². The summed E-state index contributed by atoms with van der Waals surface area (Å²) in [5, 5.41) is 1.01. The van der Waals surface area contributed by atoms with Crippen molar-refractivity contribution in [2.45, 2.75) is 40.3 Å². The molecule has 1 heterocycles. The fourth-order valence-corrected chi connectivity index (χ4v) is 3.96. The molecule has 0 unspecified atom stereocenters. The predicted molar refractivity (Wildman–Crippen MR) is 130 cm³/mol. The van der Waals surface area contributed by atoms with Crippen LogP contribution in [0, 0.1) is 13.8 Å². The van der Waals surface area contributed by atoms with E-state index in [0.29, 0.717) is 25.5 Å². The summed E-state index contributed by atoms with van der Waals surface area (Å²) < 4.78 is 17.2. The zero-order valence-electron chi connectivity index (χ0n) is 19.3. The highest BCUT2D eigenvalue weighted by Gasteiger charge is 2.14. The summed E-state index contributed by atoms with van der Waals surface area (Å²) in [5.41, 5.74) is 13.9. The molecular weight excluding hydrogens is 414 g/mol. The molecule has 0 saturated heterocycles. The van der Waals surface area contributed by atoms with Crippen LogP contribution in [-0.4, -0.2) is 12.6 Å². The first-order valence-corrected chi connectivity index (χ1v) is 11.2. The van der Waals surface area contributed by atoms with Gasteiger partial charge in [-0.05, 0) is 78.9 Å². The van der Waals surface area contributed by atoms with Gasteiger partial charge in [-0.1, -0.05) is 24.3 Å². The number of esters is 1. The Kier molecular flexibility index (Phi) is 6.80. The number of hydrogen-bond acceptors (Lipinski definition) is 5. The molecule has 33 heavy (non-hydrogen) atoms. The average Bonchev–Trinajstić information content (AvgIpc) is 3.28. The molecule has 0 radical (unpaired) electrons. The highest BCUT2D eigenvalue weighted by atomic mass is 16.5. The summed E-state index contributed by atoms with van der Waals surface area (Å²) >= 11 is 0. The van der Waals surface area contributed by atoms with Crippen molar-refractivity contribution in [2.75, 3.05) is 6.61 Å². The number of ether oxygens (including phenoxy) is 2. The van der Waals surface area contributed by atoms with Gasteiger partial charge in [-0.3, -0.25) is 4.79 Å². The topological polar surface area (TPSA) is 74.7 Å². The van der Waals surface area contributed by atoms with Crippen molar-refractivity contribution in [3.63, 3.8) is 0 Å². The molecule has 5 nitrogen and oxygen atoms in total.